The zero-order chi connectivity index (χ0) is 20.0. The Kier molecular flexibility index (Phi) is 4.38. The van der Waals surface area contributed by atoms with E-state index >= 15 is 0 Å². The fourth-order valence-corrected chi connectivity index (χ4v) is 4.71. The Morgan fingerprint density at radius 3 is 2.55 bits per heavy atom. The number of ketones is 1. The number of carbonyl (C=O) groups excluding carboxylic acids is 1. The molecule has 5 rings (SSSR count). The predicted molar refractivity (Wildman–Crippen MR) is 112 cm³/mol. The average molecular weight is 391 g/mol. The smallest absolute Gasteiger partial charge is 0.229 e. The Morgan fingerprint density at radius 1 is 1.03 bits per heavy atom. The second-order valence-corrected chi connectivity index (χ2v) is 8.04. The summed E-state index contributed by atoms with van der Waals surface area (Å²) in [6, 6.07) is 6.98. The number of Topliss-reactive ketones (excluding diaryl/α,β-unsaturated/α-hetero) is 1. The third-order valence-electron chi connectivity index (χ3n) is 6.13. The van der Waals surface area contributed by atoms with Crippen LogP contribution in [-0.4, -0.2) is 33.9 Å². The fourth-order valence-electron chi connectivity index (χ4n) is 4.71. The first-order valence-electron chi connectivity index (χ1n) is 10.4. The van der Waals surface area contributed by atoms with Crippen LogP contribution in [0.15, 0.2) is 35.5 Å². The lowest BCUT2D eigenvalue weighted by atomic mass is 9.76. The van der Waals surface area contributed by atoms with Crippen molar-refractivity contribution >= 4 is 23.4 Å². The summed E-state index contributed by atoms with van der Waals surface area (Å²) in [5.74, 6) is 1.78. The van der Waals surface area contributed by atoms with Crippen molar-refractivity contribution in [1.29, 1.82) is 0 Å². The summed E-state index contributed by atoms with van der Waals surface area (Å²) in [7, 11) is 0. The van der Waals surface area contributed by atoms with Crippen LogP contribution in [0.3, 0.4) is 0 Å². The number of nitrogens with zero attached hydrogens (tertiary/aromatic N) is 3. The molecule has 3 heterocycles. The minimum atomic E-state index is -0.315. The van der Waals surface area contributed by atoms with Gasteiger partial charge >= 0.3 is 0 Å². The molecule has 1 aliphatic carbocycles. The van der Waals surface area contributed by atoms with Crippen LogP contribution in [0, 0.1) is 0 Å². The summed E-state index contributed by atoms with van der Waals surface area (Å²) < 4.78 is 0. The van der Waals surface area contributed by atoms with Gasteiger partial charge in [-0.2, -0.15) is 9.97 Å². The molecule has 1 fully saturated rings. The number of carbonyl (C=O) groups is 1. The summed E-state index contributed by atoms with van der Waals surface area (Å²) in [5, 5.41) is 13.1. The van der Waals surface area contributed by atoms with Gasteiger partial charge in [0.15, 0.2) is 5.78 Å². The van der Waals surface area contributed by atoms with Crippen molar-refractivity contribution < 1.29 is 9.90 Å². The van der Waals surface area contributed by atoms with Crippen molar-refractivity contribution in [3.05, 3.63) is 46.7 Å². The van der Waals surface area contributed by atoms with Gasteiger partial charge < -0.3 is 21.1 Å². The normalized spacial score (nSPS) is 21.4. The summed E-state index contributed by atoms with van der Waals surface area (Å²) in [6.45, 7) is 1.87. The van der Waals surface area contributed by atoms with Crippen molar-refractivity contribution in [2.75, 3.05) is 29.0 Å². The van der Waals surface area contributed by atoms with Gasteiger partial charge in [-0.3, -0.25) is 4.79 Å². The predicted octanol–water partition coefficient (Wildman–Crippen LogP) is 3.32. The van der Waals surface area contributed by atoms with Crippen LogP contribution in [0.1, 0.15) is 55.6 Å². The average Bonchev–Trinajstić information content (AvgIpc) is 2.74. The largest absolute Gasteiger partial charge is 0.508 e. The molecular weight excluding hydrogens is 366 g/mol. The number of hydrogen-bond acceptors (Lipinski definition) is 7. The lowest BCUT2D eigenvalue weighted by Gasteiger charge is -2.35. The van der Waals surface area contributed by atoms with Gasteiger partial charge in [0.05, 0.1) is 0 Å². The van der Waals surface area contributed by atoms with Crippen LogP contribution in [-0.2, 0) is 4.79 Å². The van der Waals surface area contributed by atoms with Gasteiger partial charge in [0.2, 0.25) is 5.95 Å². The zero-order valence-corrected chi connectivity index (χ0v) is 16.3. The van der Waals surface area contributed by atoms with Crippen molar-refractivity contribution in [2.24, 2.45) is 0 Å². The van der Waals surface area contributed by atoms with E-state index in [9.17, 15) is 9.90 Å². The maximum absolute atomic E-state index is 12.9. The van der Waals surface area contributed by atoms with E-state index in [1.54, 1.807) is 12.1 Å². The number of fused-ring (bicyclic) bond motifs is 1. The molecule has 4 N–H and O–H groups in total. The standard InChI is InChI=1S/C22H25N5O2/c23-20-19-17(13-7-9-14(28)10-8-13)18-15(5-4-6-16(18)29)24-21(19)26-22(25-20)27-11-2-1-3-12-27/h7-10,17,28H,1-6,11-12H2,(H3,23,24,25,26). The Hall–Kier alpha value is -3.09. The Morgan fingerprint density at radius 2 is 1.79 bits per heavy atom. The first-order valence-corrected chi connectivity index (χ1v) is 10.4. The minimum Gasteiger partial charge on any atom is -0.508 e. The minimum absolute atomic E-state index is 0.141. The van der Waals surface area contributed by atoms with Crippen LogP contribution in [0.2, 0.25) is 0 Å². The van der Waals surface area contributed by atoms with E-state index in [2.05, 4.69) is 15.2 Å². The van der Waals surface area contributed by atoms with Crippen LogP contribution < -0.4 is 16.0 Å². The van der Waals surface area contributed by atoms with Gasteiger partial charge in [-0.1, -0.05) is 12.1 Å². The second-order valence-electron chi connectivity index (χ2n) is 8.04. The number of benzene rings is 1. The molecule has 1 unspecified atom stereocenters. The maximum atomic E-state index is 12.9. The molecule has 7 heteroatoms. The molecule has 2 aromatic rings. The number of nitrogens with one attached hydrogen (secondary N) is 1. The molecule has 0 bridgehead atoms. The molecule has 0 saturated carbocycles. The Bertz CT molecular complexity index is 993. The highest BCUT2D eigenvalue weighted by Crippen LogP contribution is 2.47. The monoisotopic (exact) mass is 391 g/mol. The van der Waals surface area contributed by atoms with E-state index in [0.717, 1.165) is 61.2 Å². The van der Waals surface area contributed by atoms with E-state index in [0.29, 0.717) is 24.0 Å². The highest BCUT2D eigenvalue weighted by molar-refractivity contribution is 6.01. The highest BCUT2D eigenvalue weighted by atomic mass is 16.3. The first-order chi connectivity index (χ1) is 14.1. The molecule has 1 aromatic carbocycles. The van der Waals surface area contributed by atoms with Crippen molar-refractivity contribution in [1.82, 2.24) is 9.97 Å². The third kappa shape index (κ3) is 3.10. The number of hydrogen-bond donors (Lipinski definition) is 3. The number of anilines is 3. The molecule has 1 atom stereocenters. The molecule has 7 nitrogen and oxygen atoms in total. The molecule has 150 valence electrons. The number of phenols is 1. The first kappa shape index (κ1) is 18.0. The Balaban J connectivity index is 1.65. The van der Waals surface area contributed by atoms with E-state index in [-0.39, 0.29) is 17.5 Å². The van der Waals surface area contributed by atoms with Crippen LogP contribution in [0.25, 0.3) is 0 Å². The number of piperidine rings is 1. The third-order valence-corrected chi connectivity index (χ3v) is 6.13. The second kappa shape index (κ2) is 7.06. The lowest BCUT2D eigenvalue weighted by Crippen LogP contribution is -2.33. The highest BCUT2D eigenvalue weighted by Gasteiger charge is 2.38. The fraction of sp³-hybridized carbons (Fsp3) is 0.409. The van der Waals surface area contributed by atoms with Gasteiger partial charge in [-0.05, 0) is 49.8 Å². The van der Waals surface area contributed by atoms with Gasteiger partial charge in [0, 0.05) is 42.3 Å². The Labute approximate surface area is 169 Å². The molecule has 0 amide bonds. The molecule has 1 saturated heterocycles. The van der Waals surface area contributed by atoms with Crippen molar-refractivity contribution in [3.63, 3.8) is 0 Å². The number of aromatic nitrogens is 2. The van der Waals surface area contributed by atoms with Gasteiger partial charge in [-0.25, -0.2) is 0 Å². The molecule has 0 spiro atoms. The summed E-state index contributed by atoms with van der Waals surface area (Å²) in [4.78, 5) is 24.5. The lowest BCUT2D eigenvalue weighted by molar-refractivity contribution is -0.116. The maximum Gasteiger partial charge on any atom is 0.229 e. The molecule has 0 radical (unpaired) electrons. The zero-order valence-electron chi connectivity index (χ0n) is 16.3. The number of allylic oxidation sites excluding steroid dienone is 2. The van der Waals surface area contributed by atoms with E-state index < -0.39 is 0 Å². The molecule has 1 aromatic heterocycles. The number of nitrogen functional groups attached to an aromatic ring is 1. The summed E-state index contributed by atoms with van der Waals surface area (Å²) >= 11 is 0. The van der Waals surface area contributed by atoms with Crippen molar-refractivity contribution in [3.8, 4) is 5.75 Å². The molecular formula is C22H25N5O2. The number of nitrogens with two attached hydrogens (primary N) is 1. The topological polar surface area (TPSA) is 104 Å². The molecule has 2 aliphatic heterocycles. The summed E-state index contributed by atoms with van der Waals surface area (Å²) in [5.41, 5.74) is 9.84. The molecule has 3 aliphatic rings. The van der Waals surface area contributed by atoms with E-state index in [4.69, 9.17) is 10.7 Å². The van der Waals surface area contributed by atoms with Gasteiger partial charge in [-0.15, -0.1) is 0 Å². The van der Waals surface area contributed by atoms with E-state index in [1.165, 1.54) is 6.42 Å². The van der Waals surface area contributed by atoms with Gasteiger partial charge in [0.1, 0.15) is 17.4 Å². The number of aromatic hydroxyl groups is 1. The van der Waals surface area contributed by atoms with E-state index in [1.807, 2.05) is 12.1 Å². The van der Waals surface area contributed by atoms with Gasteiger partial charge in [0.25, 0.3) is 0 Å². The SMILES string of the molecule is Nc1nc(N2CCCCC2)nc2c1C(c1ccc(O)cc1)C1=C(CCCC1=O)N2. The van der Waals surface area contributed by atoms with Crippen LogP contribution in [0.5, 0.6) is 5.75 Å². The number of rotatable bonds is 2. The van der Waals surface area contributed by atoms with Crippen molar-refractivity contribution in [2.45, 2.75) is 44.4 Å². The number of phenolic OH excluding ortho intramolecular Hbond substituents is 1. The molecule has 29 heavy (non-hydrogen) atoms. The van der Waals surface area contributed by atoms with Crippen LogP contribution in [0.4, 0.5) is 17.6 Å². The quantitative estimate of drug-likeness (QED) is 0.721. The van der Waals surface area contributed by atoms with Crippen LogP contribution >= 0.6 is 0 Å². The summed E-state index contributed by atoms with van der Waals surface area (Å²) in [6.07, 6.45) is 5.69.